The molecule has 2 rings (SSSR count). The first-order valence-corrected chi connectivity index (χ1v) is 7.82. The largest absolute Gasteiger partial charge is 0.396 e. The average Bonchev–Trinajstić information content (AvgIpc) is 2.46. The summed E-state index contributed by atoms with van der Waals surface area (Å²) in [5.41, 5.74) is 0. The Hall–Kier alpha value is -1.17. The van der Waals surface area contributed by atoms with Gasteiger partial charge in [0.25, 0.3) is 0 Å². The third-order valence-corrected chi connectivity index (χ3v) is 5.77. The normalized spacial score (nSPS) is 12.6. The van der Waals surface area contributed by atoms with Gasteiger partial charge >= 0.3 is 0 Å². The summed E-state index contributed by atoms with van der Waals surface area (Å²) in [6.45, 7) is 2.37. The molecule has 0 bridgehead atoms. The maximum atomic E-state index is 9.29. The van der Waals surface area contributed by atoms with E-state index in [9.17, 15) is 5.11 Å². The molecule has 0 radical (unpaired) electrons. The number of aliphatic hydroxyl groups is 1. The monoisotopic (exact) mass is 258 g/mol. The molecule has 1 atom stereocenters. The van der Waals surface area contributed by atoms with Crippen LogP contribution in [-0.4, -0.2) is 17.9 Å². The minimum Gasteiger partial charge on any atom is -0.396 e. The van der Waals surface area contributed by atoms with Crippen LogP contribution in [0, 0.1) is 5.92 Å². The summed E-state index contributed by atoms with van der Waals surface area (Å²) < 4.78 is 0. The van der Waals surface area contributed by atoms with E-state index < -0.39 is 0 Å². The van der Waals surface area contributed by atoms with Gasteiger partial charge in [0, 0.05) is 6.61 Å². The fourth-order valence-corrected chi connectivity index (χ4v) is 4.47. The fraction of sp³-hybridized carbons (Fsp3) is 0.250. The van der Waals surface area contributed by atoms with E-state index in [1.165, 1.54) is 10.6 Å². The van der Waals surface area contributed by atoms with Gasteiger partial charge in [0.1, 0.15) is 0 Å². The molecule has 1 N–H and O–H groups in total. The summed E-state index contributed by atoms with van der Waals surface area (Å²) in [6, 6.07) is 21.3. The van der Waals surface area contributed by atoms with Crippen molar-refractivity contribution in [1.29, 1.82) is 0 Å². The van der Waals surface area contributed by atoms with Crippen molar-refractivity contribution in [3.63, 3.8) is 0 Å². The van der Waals surface area contributed by atoms with E-state index in [1.54, 1.807) is 0 Å². The quantitative estimate of drug-likeness (QED) is 0.818. The number of hydrogen-bond donors (Lipinski definition) is 1. The zero-order chi connectivity index (χ0) is 12.8. The lowest BCUT2D eigenvalue weighted by Crippen LogP contribution is -2.18. The van der Waals surface area contributed by atoms with Gasteiger partial charge < -0.3 is 5.11 Å². The first-order chi connectivity index (χ1) is 8.81. The molecule has 2 aromatic rings. The smallest absolute Gasteiger partial charge is 0.0460 e. The predicted molar refractivity (Wildman–Crippen MR) is 80.2 cm³/mol. The highest BCUT2D eigenvalue weighted by molar-refractivity contribution is 7.73. The van der Waals surface area contributed by atoms with E-state index in [-0.39, 0.29) is 14.5 Å². The summed E-state index contributed by atoms with van der Waals surface area (Å²) >= 11 is 0. The minimum atomic E-state index is -0.356. The SMILES string of the molecule is C[C@@H](CO)CP(c1ccccc1)c1ccccc1. The lowest BCUT2D eigenvalue weighted by Gasteiger charge is -2.21. The van der Waals surface area contributed by atoms with Gasteiger partial charge in [-0.05, 0) is 30.6 Å². The highest BCUT2D eigenvalue weighted by atomic mass is 31.1. The molecule has 94 valence electrons. The summed E-state index contributed by atoms with van der Waals surface area (Å²) in [6.07, 6.45) is 1.04. The Morgan fingerprint density at radius 1 is 0.889 bits per heavy atom. The molecule has 18 heavy (non-hydrogen) atoms. The molecule has 0 spiro atoms. The Morgan fingerprint density at radius 2 is 1.33 bits per heavy atom. The standard InChI is InChI=1S/C16H19OP/c1-14(12-17)13-18(15-8-4-2-5-9-15)16-10-6-3-7-11-16/h2-11,14,17H,12-13H2,1H3/t14-/m0/s1. The van der Waals surface area contributed by atoms with E-state index >= 15 is 0 Å². The summed E-state index contributed by atoms with van der Waals surface area (Å²) in [4.78, 5) is 0. The zero-order valence-electron chi connectivity index (χ0n) is 10.7. The van der Waals surface area contributed by atoms with Crippen molar-refractivity contribution >= 4 is 18.5 Å². The van der Waals surface area contributed by atoms with Crippen molar-refractivity contribution in [3.8, 4) is 0 Å². The van der Waals surface area contributed by atoms with Crippen LogP contribution in [0.4, 0.5) is 0 Å². The van der Waals surface area contributed by atoms with Crippen molar-refractivity contribution in [2.24, 2.45) is 5.92 Å². The molecule has 1 nitrogen and oxygen atoms in total. The van der Waals surface area contributed by atoms with E-state index in [4.69, 9.17) is 0 Å². The molecule has 0 amide bonds. The lowest BCUT2D eigenvalue weighted by molar-refractivity contribution is 0.250. The molecule has 0 fully saturated rings. The Morgan fingerprint density at radius 3 is 1.72 bits per heavy atom. The first kappa shape index (κ1) is 13.3. The van der Waals surface area contributed by atoms with Crippen LogP contribution < -0.4 is 10.6 Å². The molecule has 0 heterocycles. The van der Waals surface area contributed by atoms with Crippen LogP contribution in [0.15, 0.2) is 60.7 Å². The Labute approximate surface area is 110 Å². The predicted octanol–water partition coefficient (Wildman–Crippen LogP) is 2.75. The molecule has 0 aliphatic heterocycles. The highest BCUT2D eigenvalue weighted by Gasteiger charge is 2.16. The fourth-order valence-electron chi connectivity index (χ4n) is 1.95. The van der Waals surface area contributed by atoms with Gasteiger partial charge in [-0.15, -0.1) is 0 Å². The summed E-state index contributed by atoms with van der Waals surface area (Å²) in [7, 11) is -0.356. The number of benzene rings is 2. The number of hydrogen-bond acceptors (Lipinski definition) is 1. The van der Waals surface area contributed by atoms with Gasteiger partial charge in [-0.2, -0.15) is 0 Å². The molecule has 0 unspecified atom stereocenters. The number of aliphatic hydroxyl groups excluding tert-OH is 1. The second kappa shape index (κ2) is 6.68. The Balaban J connectivity index is 2.29. The zero-order valence-corrected chi connectivity index (χ0v) is 11.6. The van der Waals surface area contributed by atoms with Crippen LogP contribution in [0.3, 0.4) is 0 Å². The van der Waals surface area contributed by atoms with E-state index in [1.807, 2.05) is 0 Å². The molecule has 0 aliphatic carbocycles. The van der Waals surface area contributed by atoms with Gasteiger partial charge in [0.15, 0.2) is 0 Å². The second-order valence-corrected chi connectivity index (χ2v) is 6.82. The van der Waals surface area contributed by atoms with Crippen LogP contribution in [0.5, 0.6) is 0 Å². The Bertz CT molecular complexity index is 416. The minimum absolute atomic E-state index is 0.262. The van der Waals surface area contributed by atoms with Crippen molar-refractivity contribution in [2.75, 3.05) is 12.8 Å². The van der Waals surface area contributed by atoms with E-state index in [0.29, 0.717) is 5.92 Å². The van der Waals surface area contributed by atoms with Gasteiger partial charge in [-0.3, -0.25) is 0 Å². The average molecular weight is 258 g/mol. The molecular formula is C16H19OP. The molecule has 0 saturated heterocycles. The van der Waals surface area contributed by atoms with Gasteiger partial charge in [0.05, 0.1) is 0 Å². The maximum absolute atomic E-state index is 9.29. The van der Waals surface area contributed by atoms with E-state index in [2.05, 4.69) is 67.6 Å². The van der Waals surface area contributed by atoms with Crippen LogP contribution in [0.2, 0.25) is 0 Å². The van der Waals surface area contributed by atoms with Crippen molar-refractivity contribution in [3.05, 3.63) is 60.7 Å². The van der Waals surface area contributed by atoms with Crippen molar-refractivity contribution in [2.45, 2.75) is 6.92 Å². The molecule has 0 saturated carbocycles. The molecule has 0 aromatic heterocycles. The second-order valence-electron chi connectivity index (χ2n) is 4.57. The van der Waals surface area contributed by atoms with Crippen LogP contribution in [0.25, 0.3) is 0 Å². The molecule has 2 heteroatoms. The van der Waals surface area contributed by atoms with E-state index in [0.717, 1.165) is 6.16 Å². The van der Waals surface area contributed by atoms with Gasteiger partial charge in [0.2, 0.25) is 0 Å². The molecule has 2 aromatic carbocycles. The molecule has 0 aliphatic rings. The summed E-state index contributed by atoms with van der Waals surface area (Å²) in [5, 5.41) is 12.1. The highest BCUT2D eigenvalue weighted by Crippen LogP contribution is 2.35. The maximum Gasteiger partial charge on any atom is 0.0460 e. The number of rotatable bonds is 5. The van der Waals surface area contributed by atoms with Crippen LogP contribution in [-0.2, 0) is 0 Å². The first-order valence-electron chi connectivity index (χ1n) is 6.29. The third-order valence-electron chi connectivity index (χ3n) is 2.94. The van der Waals surface area contributed by atoms with Crippen LogP contribution >= 0.6 is 7.92 Å². The van der Waals surface area contributed by atoms with Gasteiger partial charge in [-0.1, -0.05) is 67.6 Å². The third kappa shape index (κ3) is 3.41. The van der Waals surface area contributed by atoms with Gasteiger partial charge in [-0.25, -0.2) is 0 Å². The Kier molecular flexibility index (Phi) is 4.92. The van der Waals surface area contributed by atoms with Crippen LogP contribution in [0.1, 0.15) is 6.92 Å². The van der Waals surface area contributed by atoms with Crippen molar-refractivity contribution < 1.29 is 5.11 Å². The van der Waals surface area contributed by atoms with Crippen molar-refractivity contribution in [1.82, 2.24) is 0 Å². The molecular weight excluding hydrogens is 239 g/mol. The topological polar surface area (TPSA) is 20.2 Å². The lowest BCUT2D eigenvalue weighted by atomic mass is 10.2. The summed E-state index contributed by atoms with van der Waals surface area (Å²) in [5.74, 6) is 0.344.